The van der Waals surface area contributed by atoms with Gasteiger partial charge in [-0.1, -0.05) is 30.3 Å². The maximum absolute atomic E-state index is 12.7. The molecule has 2 aliphatic heterocycles. The van der Waals surface area contributed by atoms with Crippen molar-refractivity contribution in [2.24, 2.45) is 0 Å². The molecule has 4 rings (SSSR count). The van der Waals surface area contributed by atoms with Crippen LogP contribution in [0, 0.1) is 0 Å². The Bertz CT molecular complexity index is 954. The summed E-state index contributed by atoms with van der Waals surface area (Å²) in [6.07, 6.45) is 1.93. The van der Waals surface area contributed by atoms with Crippen LogP contribution in [0.2, 0.25) is 0 Å². The van der Waals surface area contributed by atoms with Gasteiger partial charge in [-0.2, -0.15) is 0 Å². The molecule has 1 aromatic carbocycles. The fourth-order valence-electron chi connectivity index (χ4n) is 3.69. The Hall–Kier alpha value is -3.36. The number of nitrogens with zero attached hydrogens (tertiary/aromatic N) is 2. The smallest absolute Gasteiger partial charge is 0.322 e. The van der Waals surface area contributed by atoms with Gasteiger partial charge in [0.2, 0.25) is 5.91 Å². The van der Waals surface area contributed by atoms with E-state index in [0.29, 0.717) is 25.3 Å². The van der Waals surface area contributed by atoms with Crippen LogP contribution >= 0.6 is 0 Å². The van der Waals surface area contributed by atoms with Crippen molar-refractivity contribution < 1.29 is 18.9 Å². The summed E-state index contributed by atoms with van der Waals surface area (Å²) >= 11 is 0. The Morgan fingerprint density at radius 1 is 1.34 bits per heavy atom. The Balaban J connectivity index is 1.41. The SMILES string of the molecule is CCc1ccccc1Nc1noc2c1CN(C(=O)CCC1NC(=O)NC1=O)CC2. The zero-order valence-electron chi connectivity index (χ0n) is 16.2. The highest BCUT2D eigenvalue weighted by Crippen LogP contribution is 2.30. The molecule has 0 bridgehead atoms. The third kappa shape index (κ3) is 3.94. The van der Waals surface area contributed by atoms with Crippen molar-refractivity contribution >= 4 is 29.4 Å². The fraction of sp³-hybridized carbons (Fsp3) is 0.400. The standard InChI is InChI=1S/C20H23N5O4/c1-2-12-5-3-4-6-14(12)21-18-13-11-25(10-9-16(13)29-24-18)17(26)8-7-15-19(27)23-20(28)22-15/h3-6,15H,2,7-11H2,1H3,(H,21,24)(H2,22,23,27,28). The molecule has 152 valence electrons. The number of aromatic nitrogens is 1. The maximum Gasteiger partial charge on any atom is 0.322 e. The first kappa shape index (κ1) is 19.0. The van der Waals surface area contributed by atoms with Gasteiger partial charge in [-0.15, -0.1) is 0 Å². The van der Waals surface area contributed by atoms with Crippen molar-refractivity contribution in [2.75, 3.05) is 11.9 Å². The number of imide groups is 1. The number of nitrogens with one attached hydrogen (secondary N) is 3. The molecule has 0 aliphatic carbocycles. The number of rotatable bonds is 6. The van der Waals surface area contributed by atoms with Gasteiger partial charge in [0.15, 0.2) is 5.82 Å². The van der Waals surface area contributed by atoms with Crippen LogP contribution in [0.25, 0.3) is 0 Å². The second kappa shape index (κ2) is 7.94. The maximum atomic E-state index is 12.7. The molecular formula is C20H23N5O4. The molecule has 0 saturated carbocycles. The molecule has 3 N–H and O–H groups in total. The van der Waals surface area contributed by atoms with Crippen LogP contribution < -0.4 is 16.0 Å². The van der Waals surface area contributed by atoms with Crippen molar-refractivity contribution in [3.05, 3.63) is 41.2 Å². The Labute approximate surface area is 167 Å². The van der Waals surface area contributed by atoms with Gasteiger partial charge in [-0.25, -0.2) is 4.79 Å². The van der Waals surface area contributed by atoms with Gasteiger partial charge in [-0.3, -0.25) is 14.9 Å². The molecule has 9 nitrogen and oxygen atoms in total. The van der Waals surface area contributed by atoms with E-state index in [1.54, 1.807) is 4.90 Å². The van der Waals surface area contributed by atoms with Crippen LogP contribution in [0.1, 0.15) is 36.7 Å². The molecule has 0 radical (unpaired) electrons. The topological polar surface area (TPSA) is 117 Å². The highest BCUT2D eigenvalue weighted by Gasteiger charge is 2.31. The van der Waals surface area contributed by atoms with E-state index in [4.69, 9.17) is 4.52 Å². The second-order valence-corrected chi connectivity index (χ2v) is 7.19. The molecule has 1 unspecified atom stereocenters. The molecule has 9 heteroatoms. The third-order valence-corrected chi connectivity index (χ3v) is 5.34. The number of fused-ring (bicyclic) bond motifs is 1. The van der Waals surface area contributed by atoms with Crippen molar-refractivity contribution in [3.63, 3.8) is 0 Å². The van der Waals surface area contributed by atoms with Crippen LogP contribution in [0.5, 0.6) is 0 Å². The van der Waals surface area contributed by atoms with Gasteiger partial charge in [-0.05, 0) is 24.5 Å². The van der Waals surface area contributed by atoms with Gasteiger partial charge in [0.1, 0.15) is 11.8 Å². The van der Waals surface area contributed by atoms with Crippen LogP contribution in [-0.4, -0.2) is 40.5 Å². The zero-order valence-corrected chi connectivity index (χ0v) is 16.2. The minimum absolute atomic E-state index is 0.0642. The predicted octanol–water partition coefficient (Wildman–Crippen LogP) is 1.85. The summed E-state index contributed by atoms with van der Waals surface area (Å²) in [5.74, 6) is 0.961. The molecule has 0 spiro atoms. The van der Waals surface area contributed by atoms with E-state index in [-0.39, 0.29) is 24.7 Å². The summed E-state index contributed by atoms with van der Waals surface area (Å²) in [6.45, 7) is 3.03. The number of hydrogen-bond donors (Lipinski definition) is 3. The molecule has 3 heterocycles. The number of carbonyl (C=O) groups is 3. The first-order valence-corrected chi connectivity index (χ1v) is 9.76. The number of amides is 4. The molecule has 4 amide bonds. The van der Waals surface area contributed by atoms with Crippen LogP contribution in [-0.2, 0) is 29.0 Å². The van der Waals surface area contributed by atoms with Crippen molar-refractivity contribution in [2.45, 2.75) is 45.2 Å². The molecule has 2 aliphatic rings. The summed E-state index contributed by atoms with van der Waals surface area (Å²) in [5.41, 5.74) is 3.02. The van der Waals surface area contributed by atoms with E-state index in [2.05, 4.69) is 34.1 Å². The minimum Gasteiger partial charge on any atom is -0.359 e. The van der Waals surface area contributed by atoms with Gasteiger partial charge < -0.3 is 20.1 Å². The van der Waals surface area contributed by atoms with Gasteiger partial charge in [0, 0.05) is 25.1 Å². The van der Waals surface area contributed by atoms with Crippen molar-refractivity contribution in [1.82, 2.24) is 20.7 Å². The summed E-state index contributed by atoms with van der Waals surface area (Å²) in [7, 11) is 0. The van der Waals surface area contributed by atoms with Gasteiger partial charge in [0.05, 0.1) is 12.1 Å². The monoisotopic (exact) mass is 397 g/mol. The van der Waals surface area contributed by atoms with Crippen LogP contribution in [0.4, 0.5) is 16.3 Å². The normalized spacial score (nSPS) is 18.2. The molecule has 1 fully saturated rings. The van der Waals surface area contributed by atoms with E-state index in [1.165, 1.54) is 5.56 Å². The quantitative estimate of drug-likeness (QED) is 0.641. The lowest BCUT2D eigenvalue weighted by Gasteiger charge is -2.26. The van der Waals surface area contributed by atoms with Crippen LogP contribution in [0.15, 0.2) is 28.8 Å². The van der Waals surface area contributed by atoms with Crippen molar-refractivity contribution in [3.8, 4) is 0 Å². The summed E-state index contributed by atoms with van der Waals surface area (Å²) in [4.78, 5) is 37.2. The largest absolute Gasteiger partial charge is 0.359 e. The number of para-hydroxylation sites is 1. The van der Waals surface area contributed by atoms with Crippen molar-refractivity contribution in [1.29, 1.82) is 0 Å². The number of benzene rings is 1. The minimum atomic E-state index is -0.648. The first-order chi connectivity index (χ1) is 14.0. The van der Waals surface area contributed by atoms with E-state index in [0.717, 1.165) is 23.4 Å². The van der Waals surface area contributed by atoms with E-state index < -0.39 is 12.1 Å². The van der Waals surface area contributed by atoms with Gasteiger partial charge >= 0.3 is 6.03 Å². The first-order valence-electron chi connectivity index (χ1n) is 9.76. The third-order valence-electron chi connectivity index (χ3n) is 5.34. The van der Waals surface area contributed by atoms with E-state index in [1.807, 2.05) is 18.2 Å². The number of urea groups is 1. The Kier molecular flexibility index (Phi) is 5.20. The lowest BCUT2D eigenvalue weighted by Crippen LogP contribution is -2.37. The summed E-state index contributed by atoms with van der Waals surface area (Å²) < 4.78 is 5.48. The lowest BCUT2D eigenvalue weighted by molar-refractivity contribution is -0.132. The Morgan fingerprint density at radius 2 is 2.17 bits per heavy atom. The molecule has 29 heavy (non-hydrogen) atoms. The van der Waals surface area contributed by atoms with E-state index in [9.17, 15) is 14.4 Å². The number of carbonyl (C=O) groups excluding carboxylic acids is 3. The molecule has 2 aromatic rings. The highest BCUT2D eigenvalue weighted by molar-refractivity contribution is 6.04. The fourth-order valence-corrected chi connectivity index (χ4v) is 3.69. The molecule has 1 atom stereocenters. The predicted molar refractivity (Wildman–Crippen MR) is 104 cm³/mol. The highest BCUT2D eigenvalue weighted by atomic mass is 16.5. The molecular weight excluding hydrogens is 374 g/mol. The number of aryl methyl sites for hydroxylation is 1. The summed E-state index contributed by atoms with van der Waals surface area (Å²) in [6, 6.07) is 6.85. The second-order valence-electron chi connectivity index (χ2n) is 7.19. The average Bonchev–Trinajstić information content (AvgIpc) is 3.28. The number of anilines is 2. The molecule has 1 saturated heterocycles. The van der Waals surface area contributed by atoms with Crippen LogP contribution in [0.3, 0.4) is 0 Å². The molecule has 1 aromatic heterocycles. The number of hydrogen-bond acceptors (Lipinski definition) is 6. The lowest BCUT2D eigenvalue weighted by atomic mass is 10.1. The summed E-state index contributed by atoms with van der Waals surface area (Å²) in [5, 5.41) is 12.2. The zero-order chi connectivity index (χ0) is 20.4. The van der Waals surface area contributed by atoms with Gasteiger partial charge in [0.25, 0.3) is 5.91 Å². The average molecular weight is 397 g/mol. The Morgan fingerprint density at radius 3 is 2.93 bits per heavy atom. The van der Waals surface area contributed by atoms with E-state index >= 15 is 0 Å².